The minimum Gasteiger partial charge on any atom is -0.481 e. The molecule has 12 heteroatoms. The second kappa shape index (κ2) is 17.6. The standard InChI is InChI=1S/C22H35N2O7P.C2H4O2/c1-6-29-20(26)14-23-22(27)21(17(4)5)24(15-18-12-10-9-11-13-18)19(25)16-32(28,30-7-2)31-8-3;1-2(3)4/h9-13,17,21H,6-8,14-16H2,1-5H3,(H,23,27);1H3,(H,3,4). The van der Waals surface area contributed by atoms with Crippen molar-refractivity contribution in [2.75, 3.05) is 32.5 Å². The van der Waals surface area contributed by atoms with Crippen LogP contribution in [-0.2, 0) is 44.1 Å². The van der Waals surface area contributed by atoms with Gasteiger partial charge in [-0.1, -0.05) is 44.2 Å². The second-order valence-corrected chi connectivity index (χ2v) is 9.90. The molecule has 1 rings (SSSR count). The number of benzene rings is 1. The van der Waals surface area contributed by atoms with E-state index in [1.165, 1.54) is 4.90 Å². The zero-order valence-electron chi connectivity index (χ0n) is 21.9. The Kier molecular flexibility index (Phi) is 16.3. The van der Waals surface area contributed by atoms with Gasteiger partial charge < -0.3 is 29.1 Å². The van der Waals surface area contributed by atoms with E-state index >= 15 is 0 Å². The van der Waals surface area contributed by atoms with Gasteiger partial charge >= 0.3 is 13.6 Å². The van der Waals surface area contributed by atoms with Crippen molar-refractivity contribution in [2.45, 2.75) is 54.1 Å². The minimum atomic E-state index is -3.67. The van der Waals surface area contributed by atoms with E-state index in [2.05, 4.69) is 5.32 Å². The number of ether oxygens (including phenoxy) is 1. The molecular formula is C24H39N2O9P. The minimum absolute atomic E-state index is 0.119. The molecule has 0 aliphatic rings. The molecule has 2 amide bonds. The third-order valence-corrected chi connectivity index (χ3v) is 6.41. The first kappa shape index (κ1) is 33.2. The number of esters is 1. The van der Waals surface area contributed by atoms with Crippen LogP contribution in [0.15, 0.2) is 30.3 Å². The summed E-state index contributed by atoms with van der Waals surface area (Å²) in [5, 5.41) is 9.96. The molecule has 0 radical (unpaired) electrons. The Morgan fingerprint density at radius 2 is 1.53 bits per heavy atom. The lowest BCUT2D eigenvalue weighted by atomic mass is 10.0. The van der Waals surface area contributed by atoms with Gasteiger partial charge in [0.2, 0.25) is 11.8 Å². The van der Waals surface area contributed by atoms with Crippen molar-refractivity contribution in [3.63, 3.8) is 0 Å². The Hall–Kier alpha value is -2.75. The number of nitrogens with one attached hydrogen (secondary N) is 1. The largest absolute Gasteiger partial charge is 0.481 e. The summed E-state index contributed by atoms with van der Waals surface area (Å²) in [5.74, 6) is -2.73. The summed E-state index contributed by atoms with van der Waals surface area (Å²) in [7, 11) is -3.67. The van der Waals surface area contributed by atoms with E-state index in [0.717, 1.165) is 12.5 Å². The van der Waals surface area contributed by atoms with Gasteiger partial charge in [-0.15, -0.1) is 0 Å². The first-order valence-electron chi connectivity index (χ1n) is 11.7. The molecule has 0 aliphatic carbocycles. The number of hydrogen-bond acceptors (Lipinski definition) is 8. The average Bonchev–Trinajstić information content (AvgIpc) is 2.77. The van der Waals surface area contributed by atoms with Gasteiger partial charge in [0.1, 0.15) is 18.7 Å². The number of amides is 2. The summed E-state index contributed by atoms with van der Waals surface area (Å²) in [6.45, 7) is 9.93. The van der Waals surface area contributed by atoms with Crippen LogP contribution in [0.2, 0.25) is 0 Å². The lowest BCUT2D eigenvalue weighted by Crippen LogP contribution is -2.53. The van der Waals surface area contributed by atoms with Crippen LogP contribution in [0, 0.1) is 5.92 Å². The number of hydrogen-bond donors (Lipinski definition) is 2. The zero-order valence-corrected chi connectivity index (χ0v) is 22.8. The Balaban J connectivity index is 0.00000283. The molecule has 0 fully saturated rings. The molecule has 1 atom stereocenters. The molecule has 0 heterocycles. The van der Waals surface area contributed by atoms with Crippen molar-refractivity contribution in [1.29, 1.82) is 0 Å². The maximum atomic E-state index is 13.3. The van der Waals surface area contributed by atoms with Crippen molar-refractivity contribution in [3.05, 3.63) is 35.9 Å². The smallest absolute Gasteiger partial charge is 0.340 e. The number of carbonyl (C=O) groups excluding carboxylic acids is 3. The molecule has 1 aromatic carbocycles. The normalized spacial score (nSPS) is 11.6. The fourth-order valence-corrected chi connectivity index (χ4v) is 4.74. The monoisotopic (exact) mass is 530 g/mol. The topological polar surface area (TPSA) is 149 Å². The van der Waals surface area contributed by atoms with Crippen LogP contribution in [0.25, 0.3) is 0 Å². The fourth-order valence-electron chi connectivity index (χ4n) is 3.18. The molecule has 11 nitrogen and oxygen atoms in total. The molecule has 0 spiro atoms. The van der Waals surface area contributed by atoms with Crippen LogP contribution < -0.4 is 5.32 Å². The van der Waals surface area contributed by atoms with Crippen molar-refractivity contribution >= 4 is 31.3 Å². The highest BCUT2D eigenvalue weighted by Crippen LogP contribution is 2.48. The quantitative estimate of drug-likeness (QED) is 0.273. The summed E-state index contributed by atoms with van der Waals surface area (Å²) in [5.41, 5.74) is 0.798. The third kappa shape index (κ3) is 13.4. The van der Waals surface area contributed by atoms with Gasteiger partial charge in [-0.3, -0.25) is 23.7 Å². The molecule has 1 unspecified atom stereocenters. The van der Waals surface area contributed by atoms with Gasteiger partial charge in [0.25, 0.3) is 5.97 Å². The second-order valence-electron chi connectivity index (χ2n) is 7.84. The molecule has 204 valence electrons. The molecule has 1 aromatic rings. The Bertz CT molecular complexity index is 864. The van der Waals surface area contributed by atoms with Crippen LogP contribution >= 0.6 is 7.60 Å². The molecule has 0 saturated carbocycles. The molecule has 0 aliphatic heterocycles. The molecule has 36 heavy (non-hydrogen) atoms. The van der Waals surface area contributed by atoms with Crippen molar-refractivity contribution in [3.8, 4) is 0 Å². The van der Waals surface area contributed by atoms with Crippen LogP contribution in [-0.4, -0.2) is 72.3 Å². The number of carbonyl (C=O) groups is 4. The van der Waals surface area contributed by atoms with Crippen molar-refractivity contribution in [1.82, 2.24) is 10.2 Å². The average molecular weight is 531 g/mol. The lowest BCUT2D eigenvalue weighted by Gasteiger charge is -2.34. The Labute approximate surface area is 213 Å². The van der Waals surface area contributed by atoms with Crippen LogP contribution in [0.5, 0.6) is 0 Å². The van der Waals surface area contributed by atoms with E-state index in [4.69, 9.17) is 23.7 Å². The number of aliphatic carboxylic acids is 1. The maximum Gasteiger partial charge on any atom is 0.340 e. The van der Waals surface area contributed by atoms with Gasteiger partial charge in [-0.25, -0.2) is 0 Å². The number of rotatable bonds is 14. The predicted molar refractivity (Wildman–Crippen MR) is 134 cm³/mol. The first-order chi connectivity index (χ1) is 16.9. The highest BCUT2D eigenvalue weighted by molar-refractivity contribution is 7.54. The van der Waals surface area contributed by atoms with E-state index in [1.54, 1.807) is 34.6 Å². The molecular weight excluding hydrogens is 491 g/mol. The predicted octanol–water partition coefficient (Wildman–Crippen LogP) is 3.08. The van der Waals surface area contributed by atoms with Crippen molar-refractivity contribution < 1.29 is 42.6 Å². The molecule has 0 bridgehead atoms. The van der Waals surface area contributed by atoms with Gasteiger partial charge in [0, 0.05) is 13.5 Å². The van der Waals surface area contributed by atoms with E-state index in [1.807, 2.05) is 30.3 Å². The van der Waals surface area contributed by atoms with E-state index < -0.39 is 43.6 Å². The van der Waals surface area contributed by atoms with Crippen LogP contribution in [0.3, 0.4) is 0 Å². The lowest BCUT2D eigenvalue weighted by molar-refractivity contribution is -0.145. The van der Waals surface area contributed by atoms with E-state index in [0.29, 0.717) is 0 Å². The summed E-state index contributed by atoms with van der Waals surface area (Å²) < 4.78 is 28.4. The summed E-state index contributed by atoms with van der Waals surface area (Å²) in [6.07, 6.45) is -0.490. The molecule has 0 saturated heterocycles. The number of carboxylic acids is 1. The van der Waals surface area contributed by atoms with Gasteiger partial charge in [0.05, 0.1) is 19.8 Å². The number of carboxylic acid groups (broad SMARTS) is 1. The van der Waals surface area contributed by atoms with Gasteiger partial charge in [0.15, 0.2) is 0 Å². The van der Waals surface area contributed by atoms with Gasteiger partial charge in [-0.2, -0.15) is 0 Å². The van der Waals surface area contributed by atoms with E-state index in [-0.39, 0.29) is 38.8 Å². The van der Waals surface area contributed by atoms with Gasteiger partial charge in [-0.05, 0) is 32.3 Å². The Morgan fingerprint density at radius 1 is 1.00 bits per heavy atom. The van der Waals surface area contributed by atoms with Crippen LogP contribution in [0.1, 0.15) is 47.1 Å². The van der Waals surface area contributed by atoms with E-state index in [9.17, 15) is 18.9 Å². The highest BCUT2D eigenvalue weighted by atomic mass is 31.2. The highest BCUT2D eigenvalue weighted by Gasteiger charge is 2.37. The third-order valence-electron chi connectivity index (χ3n) is 4.44. The fraction of sp³-hybridized carbons (Fsp3) is 0.583. The molecule has 2 N–H and O–H groups in total. The van der Waals surface area contributed by atoms with Crippen LogP contribution in [0.4, 0.5) is 0 Å². The SMILES string of the molecule is CC(=O)O.CCOC(=O)CNC(=O)C(C(C)C)N(Cc1ccccc1)C(=O)CP(=O)(OCC)OCC. The summed E-state index contributed by atoms with van der Waals surface area (Å²) >= 11 is 0. The van der Waals surface area contributed by atoms with Crippen molar-refractivity contribution in [2.24, 2.45) is 5.92 Å². The summed E-state index contributed by atoms with van der Waals surface area (Å²) in [4.78, 5) is 48.4. The zero-order chi connectivity index (χ0) is 27.7. The first-order valence-corrected chi connectivity index (χ1v) is 13.5. The number of nitrogens with zero attached hydrogens (tertiary/aromatic N) is 1. The Morgan fingerprint density at radius 3 is 1.97 bits per heavy atom. The molecule has 0 aromatic heterocycles. The summed E-state index contributed by atoms with van der Waals surface area (Å²) in [6, 6.07) is 8.26. The maximum absolute atomic E-state index is 13.3.